The van der Waals surface area contributed by atoms with Gasteiger partial charge in [0.2, 0.25) is 0 Å². The number of rotatable bonds is 3. The minimum atomic E-state index is 0.386. The van der Waals surface area contributed by atoms with Gasteiger partial charge in [-0.15, -0.1) is 0 Å². The maximum Gasteiger partial charge on any atom is 0.0561 e. The fraction of sp³-hybridized carbons (Fsp3) is 0.615. The van der Waals surface area contributed by atoms with Crippen LogP contribution in [0.4, 0.5) is 0 Å². The number of nitrogens with one attached hydrogen (secondary N) is 1. The normalized spacial score (nSPS) is 25.6. The van der Waals surface area contributed by atoms with Crippen LogP contribution < -0.4 is 5.32 Å². The van der Waals surface area contributed by atoms with Crippen LogP contribution in [-0.2, 0) is 11.3 Å². The van der Waals surface area contributed by atoms with Crippen LogP contribution in [-0.4, -0.2) is 23.7 Å². The number of hydrogen-bond acceptors (Lipinski definition) is 3. The van der Waals surface area contributed by atoms with Gasteiger partial charge in [0, 0.05) is 25.4 Å². The Bertz CT molecular complexity index is 323. The van der Waals surface area contributed by atoms with Gasteiger partial charge in [-0.3, -0.25) is 4.98 Å². The smallest absolute Gasteiger partial charge is 0.0561 e. The fourth-order valence-corrected chi connectivity index (χ4v) is 2.04. The van der Waals surface area contributed by atoms with Gasteiger partial charge in [0.05, 0.1) is 11.8 Å². The second-order valence-corrected chi connectivity index (χ2v) is 4.61. The molecular weight excluding hydrogens is 200 g/mol. The second kappa shape index (κ2) is 5.41. The van der Waals surface area contributed by atoms with E-state index in [0.717, 1.165) is 31.7 Å². The highest BCUT2D eigenvalue weighted by Crippen LogP contribution is 2.13. The van der Waals surface area contributed by atoms with Crippen molar-refractivity contribution in [3.8, 4) is 0 Å². The monoisotopic (exact) mass is 220 g/mol. The van der Waals surface area contributed by atoms with Gasteiger partial charge >= 0.3 is 0 Å². The summed E-state index contributed by atoms with van der Waals surface area (Å²) in [5.74, 6) is 0. The summed E-state index contributed by atoms with van der Waals surface area (Å²) in [7, 11) is 0. The lowest BCUT2D eigenvalue weighted by Gasteiger charge is -2.27. The quantitative estimate of drug-likeness (QED) is 0.846. The summed E-state index contributed by atoms with van der Waals surface area (Å²) in [5.41, 5.74) is 2.33. The van der Waals surface area contributed by atoms with E-state index in [0.29, 0.717) is 12.1 Å². The molecule has 0 aromatic carbocycles. The lowest BCUT2D eigenvalue weighted by Crippen LogP contribution is -2.37. The average Bonchev–Trinajstić information content (AvgIpc) is 2.28. The van der Waals surface area contributed by atoms with Crippen LogP contribution in [0.5, 0.6) is 0 Å². The van der Waals surface area contributed by atoms with Crippen LogP contribution in [0.15, 0.2) is 18.3 Å². The highest BCUT2D eigenvalue weighted by Gasteiger charge is 2.18. The van der Waals surface area contributed by atoms with Gasteiger partial charge in [-0.2, -0.15) is 0 Å². The van der Waals surface area contributed by atoms with Crippen LogP contribution >= 0.6 is 0 Å². The maximum absolute atomic E-state index is 5.52. The van der Waals surface area contributed by atoms with Gasteiger partial charge in [-0.1, -0.05) is 6.07 Å². The third-order valence-electron chi connectivity index (χ3n) is 3.03. The highest BCUT2D eigenvalue weighted by atomic mass is 16.5. The molecule has 3 nitrogen and oxygen atoms in total. The van der Waals surface area contributed by atoms with Crippen molar-refractivity contribution in [2.75, 3.05) is 6.61 Å². The molecule has 0 radical (unpaired) electrons. The van der Waals surface area contributed by atoms with Crippen molar-refractivity contribution in [3.05, 3.63) is 29.6 Å². The van der Waals surface area contributed by atoms with Crippen molar-refractivity contribution in [2.45, 2.75) is 45.4 Å². The molecule has 0 spiro atoms. The molecule has 2 heterocycles. The summed E-state index contributed by atoms with van der Waals surface area (Å²) in [6.45, 7) is 5.93. The van der Waals surface area contributed by atoms with Gasteiger partial charge in [-0.25, -0.2) is 0 Å². The molecule has 1 aromatic heterocycles. The van der Waals surface area contributed by atoms with Crippen LogP contribution in [0.3, 0.4) is 0 Å². The molecule has 3 heteroatoms. The van der Waals surface area contributed by atoms with E-state index in [9.17, 15) is 0 Å². The first kappa shape index (κ1) is 11.6. The Labute approximate surface area is 97.2 Å². The number of aromatic nitrogens is 1. The summed E-state index contributed by atoms with van der Waals surface area (Å²) in [5, 5.41) is 3.55. The molecule has 0 aliphatic carbocycles. The van der Waals surface area contributed by atoms with Crippen molar-refractivity contribution >= 4 is 0 Å². The SMILES string of the molecule is Cc1ccc(CNC2CCOC(C)C2)nc1. The Hall–Kier alpha value is -0.930. The van der Waals surface area contributed by atoms with Gasteiger partial charge in [-0.05, 0) is 38.3 Å². The summed E-state index contributed by atoms with van der Waals surface area (Å²) >= 11 is 0. The molecule has 2 unspecified atom stereocenters. The number of ether oxygens (including phenoxy) is 1. The van der Waals surface area contributed by atoms with Crippen molar-refractivity contribution in [1.29, 1.82) is 0 Å². The van der Waals surface area contributed by atoms with E-state index in [2.05, 4.69) is 36.3 Å². The molecule has 1 aromatic rings. The molecule has 1 saturated heterocycles. The summed E-state index contributed by atoms with van der Waals surface area (Å²) in [6, 6.07) is 4.77. The van der Waals surface area contributed by atoms with Crippen LogP contribution in [0, 0.1) is 6.92 Å². The molecule has 1 fully saturated rings. The molecule has 2 rings (SSSR count). The Morgan fingerprint density at radius 3 is 3.06 bits per heavy atom. The summed E-state index contributed by atoms with van der Waals surface area (Å²) in [4.78, 5) is 4.39. The molecule has 88 valence electrons. The Kier molecular flexibility index (Phi) is 3.91. The summed E-state index contributed by atoms with van der Waals surface area (Å²) in [6.07, 6.45) is 4.52. The van der Waals surface area contributed by atoms with Gasteiger partial charge in [0.1, 0.15) is 0 Å². The van der Waals surface area contributed by atoms with E-state index in [4.69, 9.17) is 4.74 Å². The number of pyridine rings is 1. The van der Waals surface area contributed by atoms with Crippen LogP contribution in [0.1, 0.15) is 31.0 Å². The van der Waals surface area contributed by atoms with Crippen molar-refractivity contribution < 1.29 is 4.74 Å². The van der Waals surface area contributed by atoms with Crippen molar-refractivity contribution in [3.63, 3.8) is 0 Å². The molecule has 16 heavy (non-hydrogen) atoms. The minimum Gasteiger partial charge on any atom is -0.378 e. The van der Waals surface area contributed by atoms with Gasteiger partial charge in [0.15, 0.2) is 0 Å². The predicted molar refractivity (Wildman–Crippen MR) is 64.2 cm³/mol. The number of hydrogen-bond donors (Lipinski definition) is 1. The van der Waals surface area contributed by atoms with E-state index in [-0.39, 0.29) is 0 Å². The first-order valence-electron chi connectivity index (χ1n) is 6.00. The van der Waals surface area contributed by atoms with E-state index in [1.54, 1.807) is 0 Å². The number of nitrogens with zero attached hydrogens (tertiary/aromatic N) is 1. The third-order valence-corrected chi connectivity index (χ3v) is 3.03. The van der Waals surface area contributed by atoms with E-state index in [1.165, 1.54) is 5.56 Å². The zero-order chi connectivity index (χ0) is 11.4. The van der Waals surface area contributed by atoms with Crippen LogP contribution in [0.2, 0.25) is 0 Å². The zero-order valence-electron chi connectivity index (χ0n) is 10.1. The standard InChI is InChI=1S/C13H20N2O/c1-10-3-4-13(14-8-10)9-15-12-5-6-16-11(2)7-12/h3-4,8,11-12,15H,5-7,9H2,1-2H3. The molecule has 0 saturated carbocycles. The molecule has 1 aliphatic rings. The first-order valence-corrected chi connectivity index (χ1v) is 6.00. The molecule has 0 bridgehead atoms. The highest BCUT2D eigenvalue weighted by molar-refractivity contribution is 5.12. The lowest BCUT2D eigenvalue weighted by atomic mass is 10.0. The van der Waals surface area contributed by atoms with Crippen LogP contribution in [0.25, 0.3) is 0 Å². The van der Waals surface area contributed by atoms with E-state index >= 15 is 0 Å². The summed E-state index contributed by atoms with van der Waals surface area (Å²) < 4.78 is 5.52. The second-order valence-electron chi connectivity index (χ2n) is 4.61. The minimum absolute atomic E-state index is 0.386. The third kappa shape index (κ3) is 3.29. The molecule has 2 atom stereocenters. The number of aryl methyl sites for hydroxylation is 1. The van der Waals surface area contributed by atoms with E-state index in [1.807, 2.05) is 6.20 Å². The van der Waals surface area contributed by atoms with E-state index < -0.39 is 0 Å². The molecule has 1 aliphatic heterocycles. The van der Waals surface area contributed by atoms with Crippen molar-refractivity contribution in [2.24, 2.45) is 0 Å². The lowest BCUT2D eigenvalue weighted by molar-refractivity contribution is 0.0130. The Morgan fingerprint density at radius 1 is 1.50 bits per heavy atom. The van der Waals surface area contributed by atoms with Gasteiger partial charge in [0.25, 0.3) is 0 Å². The topological polar surface area (TPSA) is 34.1 Å². The Morgan fingerprint density at radius 2 is 2.38 bits per heavy atom. The maximum atomic E-state index is 5.52. The molecule has 1 N–H and O–H groups in total. The van der Waals surface area contributed by atoms with Crippen molar-refractivity contribution in [1.82, 2.24) is 10.3 Å². The average molecular weight is 220 g/mol. The Balaban J connectivity index is 1.80. The zero-order valence-corrected chi connectivity index (χ0v) is 10.1. The fourth-order valence-electron chi connectivity index (χ4n) is 2.04. The molecule has 0 amide bonds. The van der Waals surface area contributed by atoms with Gasteiger partial charge < -0.3 is 10.1 Å². The predicted octanol–water partition coefficient (Wildman–Crippen LogP) is 2.05. The first-order chi connectivity index (χ1) is 7.74. The largest absolute Gasteiger partial charge is 0.378 e. The molecular formula is C13H20N2O.